The number of carbonyl (C=O) groups excluding carboxylic acids is 1. The maximum absolute atomic E-state index is 12.4. The van der Waals surface area contributed by atoms with Crippen LogP contribution in [0.5, 0.6) is 11.5 Å². The van der Waals surface area contributed by atoms with Crippen LogP contribution in [0.4, 0.5) is 0 Å². The number of nitrogens with one attached hydrogen (secondary N) is 1. The molecule has 2 N–H and O–H groups in total. The average molecular weight is 335 g/mol. The fourth-order valence-corrected chi connectivity index (χ4v) is 2.93. The van der Waals surface area contributed by atoms with Crippen molar-refractivity contribution in [1.82, 2.24) is 5.32 Å². The summed E-state index contributed by atoms with van der Waals surface area (Å²) < 4.78 is 10.6. The van der Waals surface area contributed by atoms with E-state index in [9.17, 15) is 14.7 Å². The van der Waals surface area contributed by atoms with Gasteiger partial charge >= 0.3 is 5.97 Å². The van der Waals surface area contributed by atoms with Gasteiger partial charge in [0.15, 0.2) is 0 Å². The first-order valence-electron chi connectivity index (χ1n) is 8.12. The van der Waals surface area contributed by atoms with Crippen molar-refractivity contribution in [2.75, 3.05) is 14.2 Å². The number of ether oxygens (including phenoxy) is 2. The van der Waals surface area contributed by atoms with E-state index in [2.05, 4.69) is 5.32 Å². The summed E-state index contributed by atoms with van der Waals surface area (Å²) >= 11 is 0. The summed E-state index contributed by atoms with van der Waals surface area (Å²) in [5.74, 6) is 0.225. The second-order valence-corrected chi connectivity index (χ2v) is 6.59. The van der Waals surface area contributed by atoms with Gasteiger partial charge in [-0.2, -0.15) is 0 Å². The van der Waals surface area contributed by atoms with Crippen LogP contribution in [-0.2, 0) is 9.59 Å². The molecule has 132 valence electrons. The highest BCUT2D eigenvalue weighted by atomic mass is 16.5. The van der Waals surface area contributed by atoms with E-state index in [1.807, 2.05) is 32.0 Å². The summed E-state index contributed by atoms with van der Waals surface area (Å²) in [5.41, 5.74) is 0.924. The third-order valence-corrected chi connectivity index (χ3v) is 4.29. The van der Waals surface area contributed by atoms with Gasteiger partial charge in [-0.3, -0.25) is 4.79 Å². The Hall–Kier alpha value is -2.24. The largest absolute Gasteiger partial charge is 0.497 e. The van der Waals surface area contributed by atoms with Crippen LogP contribution in [0.3, 0.4) is 0 Å². The number of rotatable bonds is 8. The van der Waals surface area contributed by atoms with Gasteiger partial charge < -0.3 is 19.9 Å². The molecule has 2 unspecified atom stereocenters. The first-order chi connectivity index (χ1) is 11.4. The van der Waals surface area contributed by atoms with E-state index in [4.69, 9.17) is 9.47 Å². The fourth-order valence-electron chi connectivity index (χ4n) is 2.93. The van der Waals surface area contributed by atoms with Gasteiger partial charge in [-0.25, -0.2) is 4.79 Å². The highest BCUT2D eigenvalue weighted by Gasteiger charge is 2.46. The SMILES string of the molecule is COc1ccc(OC)c(C2CC2C(=O)N[C@@H](CC(C)C)C(=O)O)c1. The molecule has 1 saturated carbocycles. The third kappa shape index (κ3) is 4.19. The van der Waals surface area contributed by atoms with Crippen molar-refractivity contribution < 1.29 is 24.2 Å². The Bertz CT molecular complexity index is 613. The molecule has 1 amide bonds. The van der Waals surface area contributed by atoms with Crippen molar-refractivity contribution in [1.29, 1.82) is 0 Å². The standard InChI is InChI=1S/C18H25NO5/c1-10(2)7-15(18(21)22)19-17(20)14-9-12(14)13-8-11(23-3)5-6-16(13)24-4/h5-6,8,10,12,14-15H,7,9H2,1-4H3,(H,19,20)(H,21,22)/t12?,14?,15-/m0/s1. The van der Waals surface area contributed by atoms with Crippen molar-refractivity contribution in [3.05, 3.63) is 23.8 Å². The molecule has 0 heterocycles. The van der Waals surface area contributed by atoms with Crippen LogP contribution < -0.4 is 14.8 Å². The lowest BCUT2D eigenvalue weighted by molar-refractivity contribution is -0.142. The molecule has 0 saturated heterocycles. The van der Waals surface area contributed by atoms with Gasteiger partial charge in [-0.05, 0) is 37.0 Å². The summed E-state index contributed by atoms with van der Waals surface area (Å²) in [5, 5.41) is 11.9. The van der Waals surface area contributed by atoms with Crippen molar-refractivity contribution in [2.24, 2.45) is 11.8 Å². The first kappa shape index (κ1) is 18.1. The predicted molar refractivity (Wildman–Crippen MR) is 89.4 cm³/mol. The molecule has 1 fully saturated rings. The number of methoxy groups -OCH3 is 2. The molecule has 1 aliphatic carbocycles. The van der Waals surface area contributed by atoms with Crippen molar-refractivity contribution >= 4 is 11.9 Å². The van der Waals surface area contributed by atoms with Gasteiger partial charge in [-0.1, -0.05) is 13.8 Å². The number of amides is 1. The van der Waals surface area contributed by atoms with Gasteiger partial charge in [0.05, 0.1) is 14.2 Å². The second kappa shape index (κ2) is 7.55. The molecule has 2 rings (SSSR count). The highest BCUT2D eigenvalue weighted by Crippen LogP contribution is 2.51. The fraction of sp³-hybridized carbons (Fsp3) is 0.556. The topological polar surface area (TPSA) is 84.9 Å². The smallest absolute Gasteiger partial charge is 0.326 e. The molecule has 0 spiro atoms. The van der Waals surface area contributed by atoms with E-state index >= 15 is 0 Å². The maximum atomic E-state index is 12.4. The van der Waals surface area contributed by atoms with Gasteiger partial charge in [0.2, 0.25) is 5.91 Å². The number of aliphatic carboxylic acids is 1. The van der Waals surface area contributed by atoms with Crippen molar-refractivity contribution in [3.8, 4) is 11.5 Å². The van der Waals surface area contributed by atoms with Gasteiger partial charge in [0.25, 0.3) is 0 Å². The molecule has 0 aromatic heterocycles. The molecule has 1 aliphatic rings. The van der Waals surface area contributed by atoms with Gasteiger partial charge in [0, 0.05) is 17.4 Å². The Morgan fingerprint density at radius 2 is 2.00 bits per heavy atom. The maximum Gasteiger partial charge on any atom is 0.326 e. The van der Waals surface area contributed by atoms with E-state index in [-0.39, 0.29) is 23.7 Å². The second-order valence-electron chi connectivity index (χ2n) is 6.59. The Morgan fingerprint density at radius 1 is 1.29 bits per heavy atom. The number of carboxylic acid groups (broad SMARTS) is 1. The van der Waals surface area contributed by atoms with Crippen LogP contribution in [0.1, 0.15) is 38.2 Å². The quantitative estimate of drug-likeness (QED) is 0.762. The molecule has 0 bridgehead atoms. The summed E-state index contributed by atoms with van der Waals surface area (Å²) in [6, 6.07) is 4.66. The summed E-state index contributed by atoms with van der Waals surface area (Å²) in [4.78, 5) is 23.7. The van der Waals surface area contributed by atoms with Crippen LogP contribution in [0, 0.1) is 11.8 Å². The van der Waals surface area contributed by atoms with E-state index in [0.717, 1.165) is 5.56 Å². The minimum absolute atomic E-state index is 0.0311. The van der Waals surface area contributed by atoms with Crippen molar-refractivity contribution in [2.45, 2.75) is 38.6 Å². The van der Waals surface area contributed by atoms with Crippen LogP contribution >= 0.6 is 0 Å². The summed E-state index contributed by atoms with van der Waals surface area (Å²) in [6.07, 6.45) is 1.10. The lowest BCUT2D eigenvalue weighted by Crippen LogP contribution is -2.42. The zero-order chi connectivity index (χ0) is 17.9. The summed E-state index contributed by atoms with van der Waals surface area (Å²) in [6.45, 7) is 3.87. The number of carboxylic acids is 1. The average Bonchev–Trinajstić information content (AvgIpc) is 3.33. The number of benzene rings is 1. The third-order valence-electron chi connectivity index (χ3n) is 4.29. The predicted octanol–water partition coefficient (Wildman–Crippen LogP) is 2.42. The van der Waals surface area contributed by atoms with Crippen LogP contribution in [0.2, 0.25) is 0 Å². The molecule has 6 heteroatoms. The Labute approximate surface area is 142 Å². The molecule has 1 aromatic rings. The molecular weight excluding hydrogens is 310 g/mol. The Balaban J connectivity index is 2.06. The van der Waals surface area contributed by atoms with Crippen LogP contribution in [0.15, 0.2) is 18.2 Å². The van der Waals surface area contributed by atoms with E-state index in [1.54, 1.807) is 14.2 Å². The Morgan fingerprint density at radius 3 is 2.54 bits per heavy atom. The van der Waals surface area contributed by atoms with Gasteiger partial charge in [-0.15, -0.1) is 0 Å². The highest BCUT2D eigenvalue weighted by molar-refractivity contribution is 5.87. The lowest BCUT2D eigenvalue weighted by atomic mass is 10.0. The van der Waals surface area contributed by atoms with E-state index in [1.165, 1.54) is 0 Å². The number of carbonyl (C=O) groups is 2. The molecule has 24 heavy (non-hydrogen) atoms. The number of hydrogen-bond acceptors (Lipinski definition) is 4. The molecular formula is C18H25NO5. The minimum atomic E-state index is -0.992. The lowest BCUT2D eigenvalue weighted by Gasteiger charge is -2.16. The first-order valence-corrected chi connectivity index (χ1v) is 8.12. The Kier molecular flexibility index (Phi) is 5.70. The molecule has 6 nitrogen and oxygen atoms in total. The normalized spacial score (nSPS) is 20.4. The minimum Gasteiger partial charge on any atom is -0.497 e. The number of hydrogen-bond donors (Lipinski definition) is 2. The summed E-state index contributed by atoms with van der Waals surface area (Å²) in [7, 11) is 3.18. The van der Waals surface area contributed by atoms with Crippen LogP contribution in [-0.4, -0.2) is 37.2 Å². The van der Waals surface area contributed by atoms with Gasteiger partial charge in [0.1, 0.15) is 17.5 Å². The van der Waals surface area contributed by atoms with Crippen molar-refractivity contribution in [3.63, 3.8) is 0 Å². The van der Waals surface area contributed by atoms with E-state index in [0.29, 0.717) is 24.3 Å². The molecule has 0 radical (unpaired) electrons. The zero-order valence-electron chi connectivity index (χ0n) is 14.5. The molecule has 1 aromatic carbocycles. The molecule has 0 aliphatic heterocycles. The van der Waals surface area contributed by atoms with Crippen LogP contribution in [0.25, 0.3) is 0 Å². The van der Waals surface area contributed by atoms with E-state index < -0.39 is 12.0 Å². The molecule has 3 atom stereocenters. The zero-order valence-corrected chi connectivity index (χ0v) is 14.5. The monoisotopic (exact) mass is 335 g/mol.